The third-order valence-electron chi connectivity index (χ3n) is 2.89. The van der Waals surface area contributed by atoms with Crippen molar-refractivity contribution < 1.29 is 14.3 Å². The molecule has 0 spiro atoms. The largest absolute Gasteiger partial charge is 0.444 e. The van der Waals surface area contributed by atoms with Gasteiger partial charge in [0.05, 0.1) is 18.5 Å². The second-order valence-corrected chi connectivity index (χ2v) is 5.99. The molecule has 1 aromatic heterocycles. The average Bonchev–Trinajstić information content (AvgIpc) is 2.81. The molecule has 0 atom stereocenters. The minimum atomic E-state index is -0.504. The molecule has 1 N–H and O–H groups in total. The number of carbonyl (C=O) groups excluding carboxylic acids is 1. The van der Waals surface area contributed by atoms with Crippen molar-refractivity contribution in [2.45, 2.75) is 32.9 Å². The normalized spacial score (nSPS) is 11.5. The minimum Gasteiger partial charge on any atom is -0.444 e. The number of rotatable bonds is 8. The fraction of sp³-hybridized carbons (Fsp3) is 0.786. The monoisotopic (exact) mass is 313 g/mol. The number of methoxy groups -OCH3 is 1. The van der Waals surface area contributed by atoms with E-state index in [1.165, 1.54) is 0 Å². The molecule has 1 heterocycles. The molecule has 0 aromatic carbocycles. The number of hydrogen-bond acceptors (Lipinski definition) is 6. The van der Waals surface area contributed by atoms with Crippen LogP contribution in [0, 0.1) is 0 Å². The van der Waals surface area contributed by atoms with Gasteiger partial charge in [0, 0.05) is 40.3 Å². The Morgan fingerprint density at radius 2 is 2.14 bits per heavy atom. The van der Waals surface area contributed by atoms with Gasteiger partial charge in [-0.1, -0.05) is 5.21 Å². The zero-order valence-electron chi connectivity index (χ0n) is 14.1. The SMILES string of the molecule is COCCN(CCNCc1cnnn1C)C(=O)OC(C)(C)C. The number of aryl methyl sites for hydroxylation is 1. The molecule has 0 fully saturated rings. The van der Waals surface area contributed by atoms with Crippen molar-refractivity contribution in [1.29, 1.82) is 0 Å². The van der Waals surface area contributed by atoms with Crippen LogP contribution in [0.1, 0.15) is 26.5 Å². The maximum absolute atomic E-state index is 12.1. The fourth-order valence-corrected chi connectivity index (χ4v) is 1.72. The summed E-state index contributed by atoms with van der Waals surface area (Å²) in [5, 5.41) is 10.9. The quantitative estimate of drug-likeness (QED) is 0.715. The summed E-state index contributed by atoms with van der Waals surface area (Å²) < 4.78 is 12.2. The van der Waals surface area contributed by atoms with Gasteiger partial charge in [-0.15, -0.1) is 5.10 Å². The van der Waals surface area contributed by atoms with E-state index >= 15 is 0 Å². The lowest BCUT2D eigenvalue weighted by Crippen LogP contribution is -2.42. The van der Waals surface area contributed by atoms with E-state index in [2.05, 4.69) is 15.6 Å². The van der Waals surface area contributed by atoms with Crippen LogP contribution in [-0.2, 0) is 23.1 Å². The summed E-state index contributed by atoms with van der Waals surface area (Å²) in [4.78, 5) is 13.8. The maximum atomic E-state index is 12.1. The first-order chi connectivity index (χ1) is 10.3. The molecule has 8 nitrogen and oxygen atoms in total. The standard InChI is InChI=1S/C14H27N5O3/c1-14(2,3)22-13(20)19(8-9-21-5)7-6-15-10-12-11-16-17-18(12)4/h11,15H,6-10H2,1-5H3. The van der Waals surface area contributed by atoms with Gasteiger partial charge in [0.15, 0.2) is 0 Å². The first-order valence-corrected chi connectivity index (χ1v) is 7.34. The Kier molecular flexibility index (Phi) is 7.26. The van der Waals surface area contributed by atoms with E-state index in [1.54, 1.807) is 22.9 Å². The van der Waals surface area contributed by atoms with Gasteiger partial charge in [-0.05, 0) is 20.8 Å². The number of nitrogens with zero attached hydrogens (tertiary/aromatic N) is 4. The molecular formula is C14H27N5O3. The van der Waals surface area contributed by atoms with E-state index in [4.69, 9.17) is 9.47 Å². The van der Waals surface area contributed by atoms with Crippen molar-refractivity contribution >= 4 is 6.09 Å². The molecule has 1 rings (SSSR count). The first kappa shape index (κ1) is 18.4. The van der Waals surface area contributed by atoms with Gasteiger partial charge in [0.25, 0.3) is 0 Å². The van der Waals surface area contributed by atoms with Gasteiger partial charge in [-0.3, -0.25) is 4.68 Å². The minimum absolute atomic E-state index is 0.325. The molecule has 0 saturated carbocycles. The van der Waals surface area contributed by atoms with Crippen LogP contribution in [-0.4, -0.2) is 64.9 Å². The summed E-state index contributed by atoms with van der Waals surface area (Å²) in [5.41, 5.74) is 0.483. The number of ether oxygens (including phenoxy) is 2. The van der Waals surface area contributed by atoms with Gasteiger partial charge < -0.3 is 19.7 Å². The third kappa shape index (κ3) is 6.86. The molecule has 22 heavy (non-hydrogen) atoms. The van der Waals surface area contributed by atoms with Gasteiger partial charge in [-0.2, -0.15) is 0 Å². The molecule has 1 amide bonds. The fourth-order valence-electron chi connectivity index (χ4n) is 1.72. The smallest absolute Gasteiger partial charge is 0.410 e. The van der Waals surface area contributed by atoms with E-state index in [9.17, 15) is 4.79 Å². The maximum Gasteiger partial charge on any atom is 0.410 e. The highest BCUT2D eigenvalue weighted by Crippen LogP contribution is 2.09. The Balaban J connectivity index is 2.40. The molecule has 0 saturated heterocycles. The third-order valence-corrected chi connectivity index (χ3v) is 2.89. The number of nitrogens with one attached hydrogen (secondary N) is 1. The summed E-state index contributed by atoms with van der Waals surface area (Å²) in [7, 11) is 3.45. The second-order valence-electron chi connectivity index (χ2n) is 5.99. The molecule has 0 radical (unpaired) electrons. The molecule has 1 aromatic rings. The molecule has 126 valence electrons. The highest BCUT2D eigenvalue weighted by atomic mass is 16.6. The number of amides is 1. The van der Waals surface area contributed by atoms with Gasteiger partial charge >= 0.3 is 6.09 Å². The Hall–Kier alpha value is -1.67. The topological polar surface area (TPSA) is 81.5 Å². The lowest BCUT2D eigenvalue weighted by molar-refractivity contribution is 0.0204. The van der Waals surface area contributed by atoms with Crippen LogP contribution in [0.5, 0.6) is 0 Å². The Labute approximate surface area is 131 Å². The molecule has 0 aliphatic rings. The van der Waals surface area contributed by atoms with Crippen LogP contribution >= 0.6 is 0 Å². The summed E-state index contributed by atoms with van der Waals surface area (Å²) in [6.45, 7) is 8.38. The van der Waals surface area contributed by atoms with Crippen molar-refractivity contribution in [3.8, 4) is 0 Å². The van der Waals surface area contributed by atoms with Gasteiger partial charge in [0.2, 0.25) is 0 Å². The Morgan fingerprint density at radius 3 is 2.68 bits per heavy atom. The van der Waals surface area contributed by atoms with Crippen LogP contribution in [0.2, 0.25) is 0 Å². The molecule has 0 bridgehead atoms. The van der Waals surface area contributed by atoms with E-state index in [0.717, 1.165) is 5.69 Å². The van der Waals surface area contributed by atoms with E-state index in [0.29, 0.717) is 32.8 Å². The predicted octanol–water partition coefficient (Wildman–Crippen LogP) is 0.788. The summed E-state index contributed by atoms with van der Waals surface area (Å²) in [5.74, 6) is 0. The summed E-state index contributed by atoms with van der Waals surface area (Å²) in [6, 6.07) is 0. The number of aromatic nitrogens is 3. The van der Waals surface area contributed by atoms with Crippen LogP contribution < -0.4 is 5.32 Å². The zero-order valence-corrected chi connectivity index (χ0v) is 14.1. The van der Waals surface area contributed by atoms with Gasteiger partial charge in [-0.25, -0.2) is 4.79 Å². The van der Waals surface area contributed by atoms with Crippen LogP contribution in [0.15, 0.2) is 6.20 Å². The Bertz CT molecular complexity index is 456. The van der Waals surface area contributed by atoms with Gasteiger partial charge in [0.1, 0.15) is 5.60 Å². The first-order valence-electron chi connectivity index (χ1n) is 7.34. The molecule has 0 unspecified atom stereocenters. The summed E-state index contributed by atoms with van der Waals surface area (Å²) >= 11 is 0. The second kappa shape index (κ2) is 8.70. The van der Waals surface area contributed by atoms with E-state index in [1.807, 2.05) is 27.8 Å². The van der Waals surface area contributed by atoms with Crippen molar-refractivity contribution in [3.05, 3.63) is 11.9 Å². The predicted molar refractivity (Wildman–Crippen MR) is 82.4 cm³/mol. The molecule has 0 aliphatic carbocycles. The molecule has 0 aliphatic heterocycles. The van der Waals surface area contributed by atoms with Crippen LogP contribution in [0.25, 0.3) is 0 Å². The average molecular weight is 313 g/mol. The number of hydrogen-bond donors (Lipinski definition) is 1. The van der Waals surface area contributed by atoms with Crippen LogP contribution in [0.3, 0.4) is 0 Å². The Morgan fingerprint density at radius 1 is 1.41 bits per heavy atom. The van der Waals surface area contributed by atoms with Crippen molar-refractivity contribution in [3.63, 3.8) is 0 Å². The lowest BCUT2D eigenvalue weighted by Gasteiger charge is -2.27. The molecule has 8 heteroatoms. The van der Waals surface area contributed by atoms with Crippen molar-refractivity contribution in [2.75, 3.05) is 33.4 Å². The highest BCUT2D eigenvalue weighted by Gasteiger charge is 2.21. The van der Waals surface area contributed by atoms with Crippen LogP contribution in [0.4, 0.5) is 4.79 Å². The van der Waals surface area contributed by atoms with E-state index < -0.39 is 5.60 Å². The molecular weight excluding hydrogens is 286 g/mol. The van der Waals surface area contributed by atoms with Crippen molar-refractivity contribution in [1.82, 2.24) is 25.2 Å². The zero-order chi connectivity index (χ0) is 16.6. The van der Waals surface area contributed by atoms with Crippen molar-refractivity contribution in [2.24, 2.45) is 7.05 Å². The summed E-state index contributed by atoms with van der Waals surface area (Å²) in [6.07, 6.45) is 1.39. The lowest BCUT2D eigenvalue weighted by atomic mass is 10.2. The number of carbonyl (C=O) groups is 1. The highest BCUT2D eigenvalue weighted by molar-refractivity contribution is 5.68. The van der Waals surface area contributed by atoms with E-state index in [-0.39, 0.29) is 6.09 Å².